The van der Waals surface area contributed by atoms with Crippen molar-refractivity contribution in [2.75, 3.05) is 26.2 Å². The molecule has 0 amide bonds. The Hall–Kier alpha value is -2.50. The Balaban J connectivity index is 1.57. The fraction of sp³-hybridized carbons (Fsp3) is 0.300. The summed E-state index contributed by atoms with van der Waals surface area (Å²) in [6, 6.07) is 15.1. The zero-order valence-corrected chi connectivity index (χ0v) is 14.2. The number of aliphatic carboxylic acids is 1. The second-order valence-corrected chi connectivity index (χ2v) is 6.19. The first kappa shape index (κ1) is 17.3. The smallest absolute Gasteiger partial charge is 0.324 e. The van der Waals surface area contributed by atoms with Crippen molar-refractivity contribution < 1.29 is 9.90 Å². The van der Waals surface area contributed by atoms with E-state index in [0.29, 0.717) is 0 Å². The van der Waals surface area contributed by atoms with Gasteiger partial charge in [0, 0.05) is 38.9 Å². The van der Waals surface area contributed by atoms with E-state index >= 15 is 0 Å². The number of carbonyl (C=O) groups is 1. The third-order valence-corrected chi connectivity index (χ3v) is 4.44. The minimum Gasteiger partial charge on any atom is -0.480 e. The van der Waals surface area contributed by atoms with Crippen LogP contribution in [0, 0.1) is 0 Å². The molecule has 1 aromatic carbocycles. The molecule has 3 rings (SSSR count). The SMILES string of the molecule is O=C(O)[C@H](/C=C/c1ccccc1)N1CCN(Cc2ccccn2)CC1. The van der Waals surface area contributed by atoms with Crippen LogP contribution in [-0.2, 0) is 11.3 Å². The van der Waals surface area contributed by atoms with Gasteiger partial charge in [-0.2, -0.15) is 0 Å². The molecule has 1 fully saturated rings. The van der Waals surface area contributed by atoms with Crippen LogP contribution < -0.4 is 0 Å². The van der Waals surface area contributed by atoms with Crippen LogP contribution in [0.1, 0.15) is 11.3 Å². The van der Waals surface area contributed by atoms with E-state index in [1.807, 2.05) is 59.5 Å². The number of nitrogens with zero attached hydrogens (tertiary/aromatic N) is 3. The van der Waals surface area contributed by atoms with Gasteiger partial charge in [0.2, 0.25) is 0 Å². The fourth-order valence-corrected chi connectivity index (χ4v) is 3.05. The predicted molar refractivity (Wildman–Crippen MR) is 98.0 cm³/mol. The molecule has 0 bridgehead atoms. The second kappa shape index (κ2) is 8.55. The van der Waals surface area contributed by atoms with Crippen molar-refractivity contribution in [3.05, 3.63) is 72.1 Å². The Labute approximate surface area is 148 Å². The maximum absolute atomic E-state index is 11.7. The van der Waals surface area contributed by atoms with Crippen molar-refractivity contribution in [1.29, 1.82) is 0 Å². The molecule has 5 heteroatoms. The number of hydrogen-bond donors (Lipinski definition) is 1. The maximum Gasteiger partial charge on any atom is 0.324 e. The number of aromatic nitrogens is 1. The highest BCUT2D eigenvalue weighted by atomic mass is 16.4. The molecule has 0 aliphatic carbocycles. The molecule has 1 N–H and O–H groups in total. The van der Waals surface area contributed by atoms with E-state index in [4.69, 9.17) is 0 Å². The lowest BCUT2D eigenvalue weighted by Gasteiger charge is -2.36. The van der Waals surface area contributed by atoms with Crippen LogP contribution in [0.4, 0.5) is 0 Å². The maximum atomic E-state index is 11.7. The number of pyridine rings is 1. The number of carboxylic acid groups (broad SMARTS) is 1. The van der Waals surface area contributed by atoms with Gasteiger partial charge in [0.05, 0.1) is 5.69 Å². The molecule has 2 aromatic rings. The van der Waals surface area contributed by atoms with Gasteiger partial charge in [0.25, 0.3) is 0 Å². The van der Waals surface area contributed by atoms with Crippen LogP contribution >= 0.6 is 0 Å². The molecule has 0 radical (unpaired) electrons. The van der Waals surface area contributed by atoms with Gasteiger partial charge in [-0.1, -0.05) is 48.6 Å². The summed E-state index contributed by atoms with van der Waals surface area (Å²) in [7, 11) is 0. The quantitative estimate of drug-likeness (QED) is 0.877. The Morgan fingerprint density at radius 1 is 1.08 bits per heavy atom. The molecule has 0 saturated carbocycles. The zero-order valence-electron chi connectivity index (χ0n) is 14.2. The summed E-state index contributed by atoms with van der Waals surface area (Å²) in [5.74, 6) is -0.801. The van der Waals surface area contributed by atoms with Crippen molar-refractivity contribution in [2.45, 2.75) is 12.6 Å². The van der Waals surface area contributed by atoms with Gasteiger partial charge in [-0.3, -0.25) is 19.6 Å². The first-order valence-electron chi connectivity index (χ1n) is 8.55. The zero-order chi connectivity index (χ0) is 17.5. The van der Waals surface area contributed by atoms with Gasteiger partial charge >= 0.3 is 5.97 Å². The van der Waals surface area contributed by atoms with E-state index in [1.165, 1.54) is 0 Å². The summed E-state index contributed by atoms with van der Waals surface area (Å²) in [4.78, 5) is 20.4. The van der Waals surface area contributed by atoms with Gasteiger partial charge in [0.1, 0.15) is 6.04 Å². The lowest BCUT2D eigenvalue weighted by Crippen LogP contribution is -2.51. The van der Waals surface area contributed by atoms with E-state index in [9.17, 15) is 9.90 Å². The van der Waals surface area contributed by atoms with Crippen molar-refractivity contribution >= 4 is 12.0 Å². The summed E-state index contributed by atoms with van der Waals surface area (Å²) in [5.41, 5.74) is 2.07. The Morgan fingerprint density at radius 2 is 1.80 bits per heavy atom. The molecule has 25 heavy (non-hydrogen) atoms. The van der Waals surface area contributed by atoms with Crippen molar-refractivity contribution in [2.24, 2.45) is 0 Å². The molecule has 1 atom stereocenters. The van der Waals surface area contributed by atoms with Crippen LogP contribution in [0.15, 0.2) is 60.8 Å². The topological polar surface area (TPSA) is 56.7 Å². The van der Waals surface area contributed by atoms with E-state index in [0.717, 1.165) is 44.0 Å². The average Bonchev–Trinajstić information content (AvgIpc) is 2.65. The van der Waals surface area contributed by atoms with E-state index in [-0.39, 0.29) is 0 Å². The standard InChI is InChI=1S/C20H23N3O2/c24-20(25)19(10-9-17-6-2-1-3-7-17)23-14-12-22(13-15-23)16-18-8-4-5-11-21-18/h1-11,19H,12-16H2,(H,24,25)/b10-9+/t19-/m0/s1. The Bertz CT molecular complexity index is 695. The minimum absolute atomic E-state index is 0.586. The number of rotatable bonds is 6. The summed E-state index contributed by atoms with van der Waals surface area (Å²) < 4.78 is 0. The lowest BCUT2D eigenvalue weighted by molar-refractivity contribution is -0.142. The van der Waals surface area contributed by atoms with Crippen molar-refractivity contribution in [3.63, 3.8) is 0 Å². The molecule has 0 unspecified atom stereocenters. The van der Waals surface area contributed by atoms with Gasteiger partial charge < -0.3 is 5.11 Å². The van der Waals surface area contributed by atoms with Gasteiger partial charge in [-0.25, -0.2) is 0 Å². The molecular formula is C20H23N3O2. The van der Waals surface area contributed by atoms with E-state index < -0.39 is 12.0 Å². The molecule has 1 aliphatic heterocycles. The Morgan fingerprint density at radius 3 is 2.44 bits per heavy atom. The normalized spacial score (nSPS) is 17.6. The van der Waals surface area contributed by atoms with Gasteiger partial charge in [-0.15, -0.1) is 0 Å². The van der Waals surface area contributed by atoms with E-state index in [2.05, 4.69) is 9.88 Å². The van der Waals surface area contributed by atoms with Gasteiger partial charge in [-0.05, 0) is 17.7 Å². The van der Waals surface area contributed by atoms with Crippen LogP contribution in [0.3, 0.4) is 0 Å². The summed E-state index contributed by atoms with van der Waals surface area (Å²) in [6.07, 6.45) is 5.48. The molecule has 1 aromatic heterocycles. The summed E-state index contributed by atoms with van der Waals surface area (Å²) >= 11 is 0. The number of piperazine rings is 1. The number of carboxylic acids is 1. The first-order valence-corrected chi connectivity index (χ1v) is 8.55. The minimum atomic E-state index is -0.801. The highest BCUT2D eigenvalue weighted by molar-refractivity contribution is 5.77. The third kappa shape index (κ3) is 4.98. The predicted octanol–water partition coefficient (Wildman–Crippen LogP) is 2.37. The first-order chi connectivity index (χ1) is 12.2. The molecule has 2 heterocycles. The summed E-state index contributed by atoms with van der Waals surface area (Å²) in [6.45, 7) is 3.98. The highest BCUT2D eigenvalue weighted by Gasteiger charge is 2.26. The van der Waals surface area contributed by atoms with E-state index in [1.54, 1.807) is 12.3 Å². The summed E-state index contributed by atoms with van der Waals surface area (Å²) in [5, 5.41) is 9.59. The molecule has 0 spiro atoms. The fourth-order valence-electron chi connectivity index (χ4n) is 3.05. The molecule has 5 nitrogen and oxygen atoms in total. The number of benzene rings is 1. The van der Waals surface area contributed by atoms with Crippen LogP contribution in [0.5, 0.6) is 0 Å². The van der Waals surface area contributed by atoms with Crippen molar-refractivity contribution in [1.82, 2.24) is 14.8 Å². The second-order valence-electron chi connectivity index (χ2n) is 6.19. The third-order valence-electron chi connectivity index (χ3n) is 4.44. The van der Waals surface area contributed by atoms with Gasteiger partial charge in [0.15, 0.2) is 0 Å². The number of hydrogen-bond acceptors (Lipinski definition) is 4. The molecule has 1 aliphatic rings. The monoisotopic (exact) mass is 337 g/mol. The highest BCUT2D eigenvalue weighted by Crippen LogP contribution is 2.12. The van der Waals surface area contributed by atoms with Crippen LogP contribution in [0.25, 0.3) is 6.08 Å². The lowest BCUT2D eigenvalue weighted by atomic mass is 10.1. The molecule has 130 valence electrons. The molecule has 1 saturated heterocycles. The van der Waals surface area contributed by atoms with Crippen molar-refractivity contribution in [3.8, 4) is 0 Å². The molecular weight excluding hydrogens is 314 g/mol. The van der Waals surface area contributed by atoms with Crippen LogP contribution in [0.2, 0.25) is 0 Å². The largest absolute Gasteiger partial charge is 0.480 e. The Kier molecular flexibility index (Phi) is 5.93. The van der Waals surface area contributed by atoms with Crippen LogP contribution in [-0.4, -0.2) is 58.1 Å². The average molecular weight is 337 g/mol.